The van der Waals surface area contributed by atoms with Gasteiger partial charge in [0.2, 0.25) is 0 Å². The molecule has 10 heavy (non-hydrogen) atoms. The lowest BCUT2D eigenvalue weighted by molar-refractivity contribution is 0.107. The fourth-order valence-corrected chi connectivity index (χ4v) is 1.66. The summed E-state index contributed by atoms with van der Waals surface area (Å²) in [5.41, 5.74) is 0. The van der Waals surface area contributed by atoms with Gasteiger partial charge in [-0.25, -0.2) is 0 Å². The van der Waals surface area contributed by atoms with Crippen molar-refractivity contribution >= 4 is 15.1 Å². The van der Waals surface area contributed by atoms with Gasteiger partial charge in [0.15, 0.2) is 0 Å². The van der Waals surface area contributed by atoms with Crippen LogP contribution in [-0.2, 0) is 11.4 Å². The van der Waals surface area contributed by atoms with Crippen LogP contribution in [0.15, 0.2) is 0 Å². The highest BCUT2D eigenvalue weighted by Crippen LogP contribution is 1.90. The Morgan fingerprint density at radius 3 is 1.40 bits per heavy atom. The van der Waals surface area contributed by atoms with Crippen molar-refractivity contribution in [3.05, 3.63) is 0 Å². The Hall–Kier alpha value is 0.412. The number of hydrogen-bond donors (Lipinski definition) is 0. The Bertz CT molecular complexity index is 60.6. The molecule has 0 aromatic rings. The third-order valence-electron chi connectivity index (χ3n) is 0.908. The minimum Gasteiger partial charge on any atom is -1.00 e. The highest BCUT2D eigenvalue weighted by molar-refractivity contribution is 6.36. The monoisotopic (exact) mass is 163 g/mol. The molecule has 0 aliphatic carbocycles. The van der Waals surface area contributed by atoms with Crippen molar-refractivity contribution in [2.45, 2.75) is 20.8 Å². The van der Waals surface area contributed by atoms with Gasteiger partial charge in [0, 0.05) is 19.8 Å². The molecule has 0 amide bonds. The first kappa shape index (κ1) is 10.4. The molecule has 3 nitrogen and oxygen atoms in total. The molecule has 0 aliphatic heterocycles. The molecule has 0 rings (SSSR count). The first-order valence-corrected chi connectivity index (χ1v) is 5.11. The van der Waals surface area contributed by atoms with Crippen molar-refractivity contribution in [3.63, 3.8) is 0 Å². The summed E-state index contributed by atoms with van der Waals surface area (Å²) in [5, 5.41) is 0. The SMILES string of the molecule is CC[O][Al]([O]CC)[O]CC.[H-]. The molecule has 0 saturated carbocycles. The van der Waals surface area contributed by atoms with Crippen LogP contribution in [-0.4, -0.2) is 35.0 Å². The van der Waals surface area contributed by atoms with E-state index in [0.29, 0.717) is 19.8 Å². The van der Waals surface area contributed by atoms with Gasteiger partial charge in [-0.3, -0.25) is 0 Å². The van der Waals surface area contributed by atoms with Crippen LogP contribution < -0.4 is 0 Å². The van der Waals surface area contributed by atoms with Crippen LogP contribution in [0.1, 0.15) is 22.2 Å². The predicted molar refractivity (Wildman–Crippen MR) is 41.7 cm³/mol. The van der Waals surface area contributed by atoms with Crippen molar-refractivity contribution in [2.24, 2.45) is 0 Å². The van der Waals surface area contributed by atoms with Crippen molar-refractivity contribution in [2.75, 3.05) is 19.8 Å². The highest BCUT2D eigenvalue weighted by atomic mass is 27.3. The van der Waals surface area contributed by atoms with E-state index >= 15 is 0 Å². The largest absolute Gasteiger partial charge is 1.00 e. The maximum Gasteiger partial charge on any atom is 0.905 e. The highest BCUT2D eigenvalue weighted by Gasteiger charge is 2.28. The molecule has 0 spiro atoms. The Morgan fingerprint density at radius 2 is 1.20 bits per heavy atom. The molecule has 0 aromatic carbocycles. The summed E-state index contributed by atoms with van der Waals surface area (Å²) in [5.74, 6) is 0. The first-order chi connectivity index (χ1) is 4.85. The van der Waals surface area contributed by atoms with Crippen LogP contribution in [0.4, 0.5) is 0 Å². The van der Waals surface area contributed by atoms with Crippen molar-refractivity contribution < 1.29 is 12.8 Å². The summed E-state index contributed by atoms with van der Waals surface area (Å²) in [7, 11) is 0. The fraction of sp³-hybridized carbons (Fsp3) is 1.00. The molecule has 0 fully saturated rings. The van der Waals surface area contributed by atoms with Gasteiger partial charge in [0.25, 0.3) is 0 Å². The second-order valence-electron chi connectivity index (χ2n) is 1.65. The van der Waals surface area contributed by atoms with Gasteiger partial charge in [-0.1, -0.05) is 0 Å². The lowest BCUT2D eigenvalue weighted by atomic mass is 10.9. The van der Waals surface area contributed by atoms with E-state index in [1.807, 2.05) is 20.8 Å². The van der Waals surface area contributed by atoms with E-state index < -0.39 is 15.1 Å². The molecule has 4 heteroatoms. The molecule has 62 valence electrons. The molecule has 0 bridgehead atoms. The van der Waals surface area contributed by atoms with E-state index in [0.717, 1.165) is 0 Å². The van der Waals surface area contributed by atoms with E-state index in [1.54, 1.807) is 0 Å². The fourth-order valence-electron chi connectivity index (χ4n) is 0.553. The molecule has 0 heterocycles. The second kappa shape index (κ2) is 7.52. The second-order valence-corrected chi connectivity index (χ2v) is 3.23. The smallest absolute Gasteiger partial charge is 0.905 e. The number of rotatable bonds is 6. The summed E-state index contributed by atoms with van der Waals surface area (Å²) >= 11 is -1.73. The maximum absolute atomic E-state index is 5.22. The van der Waals surface area contributed by atoms with Gasteiger partial charge in [0.1, 0.15) is 0 Å². The molecule has 0 saturated heterocycles. The first-order valence-electron chi connectivity index (χ1n) is 3.69. The topological polar surface area (TPSA) is 27.7 Å². The van der Waals surface area contributed by atoms with Crippen LogP contribution in [0.3, 0.4) is 0 Å². The van der Waals surface area contributed by atoms with E-state index in [4.69, 9.17) is 11.4 Å². The molecular weight excluding hydrogens is 147 g/mol. The van der Waals surface area contributed by atoms with Crippen molar-refractivity contribution in [1.29, 1.82) is 0 Å². The molecule has 0 unspecified atom stereocenters. The molecule has 0 N–H and O–H groups in total. The molecular formula is C6H16AlO3-. The molecule has 0 radical (unpaired) electrons. The normalized spacial score (nSPS) is 9.90. The lowest BCUT2D eigenvalue weighted by Crippen LogP contribution is -2.27. The summed E-state index contributed by atoms with van der Waals surface area (Å²) in [6.07, 6.45) is 0. The zero-order valence-electron chi connectivity index (χ0n) is 7.92. The summed E-state index contributed by atoms with van der Waals surface area (Å²) in [4.78, 5) is 0. The molecule has 0 aromatic heterocycles. The average molecular weight is 163 g/mol. The third kappa shape index (κ3) is 5.22. The Morgan fingerprint density at radius 1 is 0.900 bits per heavy atom. The van der Waals surface area contributed by atoms with Crippen LogP contribution >= 0.6 is 0 Å². The minimum absolute atomic E-state index is 0. The maximum atomic E-state index is 5.22. The van der Waals surface area contributed by atoms with E-state index in [1.165, 1.54) is 0 Å². The lowest BCUT2D eigenvalue weighted by Gasteiger charge is -2.08. The zero-order chi connectivity index (χ0) is 7.82. The van der Waals surface area contributed by atoms with Crippen molar-refractivity contribution in [3.8, 4) is 0 Å². The van der Waals surface area contributed by atoms with Gasteiger partial charge >= 0.3 is 15.1 Å². The average Bonchev–Trinajstić information content (AvgIpc) is 1.90. The Labute approximate surface area is 69.2 Å². The summed E-state index contributed by atoms with van der Waals surface area (Å²) < 4.78 is 15.7. The third-order valence-corrected chi connectivity index (χ3v) is 2.72. The predicted octanol–water partition coefficient (Wildman–Crippen LogP) is 1.19. The molecule has 0 atom stereocenters. The Kier molecular flexibility index (Phi) is 7.83. The van der Waals surface area contributed by atoms with Crippen LogP contribution in [0.2, 0.25) is 0 Å². The van der Waals surface area contributed by atoms with Crippen LogP contribution in [0, 0.1) is 0 Å². The molecule has 0 aliphatic rings. The van der Waals surface area contributed by atoms with Gasteiger partial charge in [-0.2, -0.15) is 0 Å². The van der Waals surface area contributed by atoms with Crippen LogP contribution in [0.5, 0.6) is 0 Å². The van der Waals surface area contributed by atoms with Gasteiger partial charge in [-0.05, 0) is 20.8 Å². The quantitative estimate of drug-likeness (QED) is 0.550. The van der Waals surface area contributed by atoms with Crippen LogP contribution in [0.25, 0.3) is 0 Å². The Balaban J connectivity index is 0. The standard InChI is InChI=1S/3C2H5O.Al.H/c3*1-2-3;;/h3*2H2,1H3;;/q3*-1;+3;-1. The van der Waals surface area contributed by atoms with Gasteiger partial charge < -0.3 is 12.8 Å². The zero-order valence-corrected chi connectivity index (χ0v) is 8.08. The summed E-state index contributed by atoms with van der Waals surface area (Å²) in [6.45, 7) is 7.86. The number of hydrogen-bond acceptors (Lipinski definition) is 3. The van der Waals surface area contributed by atoms with E-state index in [-0.39, 0.29) is 1.43 Å². The van der Waals surface area contributed by atoms with Crippen molar-refractivity contribution in [1.82, 2.24) is 0 Å². The minimum atomic E-state index is -1.73. The van der Waals surface area contributed by atoms with Gasteiger partial charge in [0.05, 0.1) is 0 Å². The summed E-state index contributed by atoms with van der Waals surface area (Å²) in [6, 6.07) is 0. The van der Waals surface area contributed by atoms with E-state index in [2.05, 4.69) is 0 Å². The van der Waals surface area contributed by atoms with Gasteiger partial charge in [-0.15, -0.1) is 0 Å². The van der Waals surface area contributed by atoms with E-state index in [9.17, 15) is 0 Å².